The molecule has 2 aromatic rings. The zero-order valence-electron chi connectivity index (χ0n) is 12.1. The van der Waals surface area contributed by atoms with Crippen molar-refractivity contribution in [2.24, 2.45) is 0 Å². The number of aromatic nitrogens is 1. The van der Waals surface area contributed by atoms with Crippen molar-refractivity contribution in [3.8, 4) is 0 Å². The average molecular weight is 347 g/mol. The number of nitrogens with one attached hydrogen (secondary N) is 1. The van der Waals surface area contributed by atoms with Crippen LogP contribution in [0.3, 0.4) is 0 Å². The standard InChI is InChI=1S/C15H16ClFN2O2.ClH/c1-2-21-14(20)8-19-13-3-4-18-7-11(13)10-5-9(17)6-12(16)15(10)19;/h5-6,18H,2-4,7-8H2,1H3;1H. The number of hydrogen-bond acceptors (Lipinski definition) is 3. The van der Waals surface area contributed by atoms with Crippen LogP contribution in [0.25, 0.3) is 10.9 Å². The summed E-state index contributed by atoms with van der Waals surface area (Å²) in [6, 6.07) is 2.76. The van der Waals surface area contributed by atoms with E-state index in [1.54, 1.807) is 6.92 Å². The fourth-order valence-electron chi connectivity index (χ4n) is 2.94. The predicted molar refractivity (Wildman–Crippen MR) is 86.2 cm³/mol. The second-order valence-electron chi connectivity index (χ2n) is 5.03. The van der Waals surface area contributed by atoms with Crippen LogP contribution in [0.5, 0.6) is 0 Å². The molecule has 0 radical (unpaired) electrons. The molecular weight excluding hydrogens is 330 g/mol. The second kappa shape index (κ2) is 6.86. The number of carbonyl (C=O) groups excluding carboxylic acids is 1. The number of benzene rings is 1. The molecule has 1 aromatic heterocycles. The molecule has 22 heavy (non-hydrogen) atoms. The summed E-state index contributed by atoms with van der Waals surface area (Å²) in [5.74, 6) is -0.676. The third kappa shape index (κ3) is 2.93. The molecule has 0 amide bonds. The summed E-state index contributed by atoms with van der Waals surface area (Å²) in [6.07, 6.45) is 0.779. The van der Waals surface area contributed by atoms with E-state index in [-0.39, 0.29) is 30.7 Å². The lowest BCUT2D eigenvalue weighted by Crippen LogP contribution is -2.26. The zero-order chi connectivity index (χ0) is 15.0. The Labute approximate surface area is 139 Å². The third-order valence-corrected chi connectivity index (χ3v) is 4.02. The van der Waals surface area contributed by atoms with Crippen LogP contribution in [0.1, 0.15) is 18.2 Å². The normalized spacial score (nSPS) is 13.6. The van der Waals surface area contributed by atoms with Crippen LogP contribution in [-0.4, -0.2) is 23.7 Å². The smallest absolute Gasteiger partial charge is 0.325 e. The van der Waals surface area contributed by atoms with Gasteiger partial charge in [0.05, 0.1) is 17.1 Å². The molecule has 0 atom stereocenters. The SMILES string of the molecule is CCOC(=O)Cn1c2c(c3cc(F)cc(Cl)c31)CNCC2.Cl. The van der Waals surface area contributed by atoms with Crippen LogP contribution >= 0.6 is 24.0 Å². The number of rotatable bonds is 3. The summed E-state index contributed by atoms with van der Waals surface area (Å²) in [7, 11) is 0. The van der Waals surface area contributed by atoms with Crippen molar-refractivity contribution >= 4 is 40.9 Å². The van der Waals surface area contributed by atoms with Crippen LogP contribution in [0.4, 0.5) is 4.39 Å². The highest BCUT2D eigenvalue weighted by molar-refractivity contribution is 6.35. The Morgan fingerprint density at radius 2 is 2.27 bits per heavy atom. The van der Waals surface area contributed by atoms with Gasteiger partial charge in [-0.25, -0.2) is 4.39 Å². The van der Waals surface area contributed by atoms with Crippen LogP contribution in [0, 0.1) is 5.82 Å². The summed E-state index contributed by atoms with van der Waals surface area (Å²) < 4.78 is 20.5. The molecule has 0 unspecified atom stereocenters. The summed E-state index contributed by atoms with van der Waals surface area (Å²) in [6.45, 7) is 3.69. The monoisotopic (exact) mass is 346 g/mol. The van der Waals surface area contributed by atoms with Crippen molar-refractivity contribution in [3.05, 3.63) is 34.2 Å². The Morgan fingerprint density at radius 3 is 3.00 bits per heavy atom. The molecule has 3 rings (SSSR count). The van der Waals surface area contributed by atoms with Gasteiger partial charge in [-0.1, -0.05) is 11.6 Å². The van der Waals surface area contributed by atoms with Gasteiger partial charge >= 0.3 is 5.97 Å². The summed E-state index contributed by atoms with van der Waals surface area (Å²) in [5, 5.41) is 4.36. The lowest BCUT2D eigenvalue weighted by atomic mass is 10.1. The highest BCUT2D eigenvalue weighted by Gasteiger charge is 2.23. The maximum atomic E-state index is 13.7. The molecule has 4 nitrogen and oxygen atoms in total. The van der Waals surface area contributed by atoms with Crippen molar-refractivity contribution in [1.82, 2.24) is 9.88 Å². The maximum absolute atomic E-state index is 13.7. The number of carbonyl (C=O) groups is 1. The molecule has 1 aliphatic heterocycles. The first kappa shape index (κ1) is 17.1. The average Bonchev–Trinajstić information content (AvgIpc) is 2.74. The van der Waals surface area contributed by atoms with E-state index in [9.17, 15) is 9.18 Å². The Hall–Kier alpha value is -1.30. The van der Waals surface area contributed by atoms with Crippen molar-refractivity contribution in [2.45, 2.75) is 26.4 Å². The molecule has 0 saturated heterocycles. The van der Waals surface area contributed by atoms with Gasteiger partial charge in [0, 0.05) is 30.6 Å². The molecule has 2 heterocycles. The lowest BCUT2D eigenvalue weighted by Gasteiger charge is -2.16. The highest BCUT2D eigenvalue weighted by atomic mass is 35.5. The first-order valence-corrected chi connectivity index (χ1v) is 7.35. The van der Waals surface area contributed by atoms with E-state index < -0.39 is 0 Å². The van der Waals surface area contributed by atoms with Gasteiger partial charge < -0.3 is 14.6 Å². The van der Waals surface area contributed by atoms with Crippen LogP contribution < -0.4 is 5.32 Å². The Bertz CT molecular complexity index is 715. The first-order valence-electron chi connectivity index (χ1n) is 6.97. The Balaban J connectivity index is 0.00000176. The van der Waals surface area contributed by atoms with Crippen LogP contribution in [-0.2, 0) is 29.0 Å². The minimum absolute atomic E-state index is 0. The van der Waals surface area contributed by atoms with Crippen LogP contribution in [0.2, 0.25) is 5.02 Å². The molecule has 0 spiro atoms. The van der Waals surface area contributed by atoms with Crippen molar-refractivity contribution < 1.29 is 13.9 Å². The predicted octanol–water partition coefficient (Wildman–Crippen LogP) is 3.06. The lowest BCUT2D eigenvalue weighted by molar-refractivity contribution is -0.143. The number of esters is 1. The minimum Gasteiger partial charge on any atom is -0.465 e. The molecule has 1 aromatic carbocycles. The molecule has 7 heteroatoms. The fourth-order valence-corrected chi connectivity index (χ4v) is 3.25. The van der Waals surface area contributed by atoms with E-state index in [0.717, 1.165) is 29.6 Å². The van der Waals surface area contributed by atoms with Crippen molar-refractivity contribution in [1.29, 1.82) is 0 Å². The van der Waals surface area contributed by atoms with Gasteiger partial charge in [-0.05, 0) is 24.6 Å². The molecular formula is C15H17Cl2FN2O2. The number of nitrogens with zero attached hydrogens (tertiary/aromatic N) is 1. The number of ether oxygens (including phenoxy) is 1. The minimum atomic E-state index is -0.367. The van der Waals surface area contributed by atoms with Gasteiger partial charge in [-0.2, -0.15) is 0 Å². The first-order chi connectivity index (χ1) is 10.1. The Kier molecular flexibility index (Phi) is 5.32. The molecule has 1 N–H and O–H groups in total. The third-order valence-electron chi connectivity index (χ3n) is 3.73. The zero-order valence-corrected chi connectivity index (χ0v) is 13.7. The summed E-state index contributed by atoms with van der Waals surface area (Å²) in [4.78, 5) is 11.8. The van der Waals surface area contributed by atoms with Gasteiger partial charge in [-0.15, -0.1) is 12.4 Å². The largest absolute Gasteiger partial charge is 0.465 e. The van der Waals surface area contributed by atoms with E-state index in [1.807, 2.05) is 4.57 Å². The quantitative estimate of drug-likeness (QED) is 0.868. The van der Waals surface area contributed by atoms with Gasteiger partial charge in [0.25, 0.3) is 0 Å². The van der Waals surface area contributed by atoms with E-state index >= 15 is 0 Å². The Morgan fingerprint density at radius 1 is 1.50 bits per heavy atom. The topological polar surface area (TPSA) is 43.3 Å². The maximum Gasteiger partial charge on any atom is 0.325 e. The number of hydrogen-bond donors (Lipinski definition) is 1. The van der Waals surface area contributed by atoms with Crippen LogP contribution in [0.15, 0.2) is 12.1 Å². The van der Waals surface area contributed by atoms with Gasteiger partial charge in [0.1, 0.15) is 12.4 Å². The molecule has 0 saturated carbocycles. The summed E-state index contributed by atoms with van der Waals surface area (Å²) in [5.41, 5.74) is 2.76. The van der Waals surface area contributed by atoms with E-state index in [2.05, 4.69) is 5.32 Å². The van der Waals surface area contributed by atoms with Crippen molar-refractivity contribution in [2.75, 3.05) is 13.2 Å². The number of halogens is 3. The fraction of sp³-hybridized carbons (Fsp3) is 0.400. The second-order valence-corrected chi connectivity index (χ2v) is 5.43. The highest BCUT2D eigenvalue weighted by Crippen LogP contribution is 2.34. The molecule has 0 fully saturated rings. The molecule has 0 aliphatic carbocycles. The summed E-state index contributed by atoms with van der Waals surface area (Å²) >= 11 is 6.21. The number of fused-ring (bicyclic) bond motifs is 3. The molecule has 0 bridgehead atoms. The van der Waals surface area contributed by atoms with Gasteiger partial charge in [0.2, 0.25) is 0 Å². The van der Waals surface area contributed by atoms with E-state index in [0.29, 0.717) is 23.7 Å². The molecule has 120 valence electrons. The van der Waals surface area contributed by atoms with E-state index in [4.69, 9.17) is 16.3 Å². The van der Waals surface area contributed by atoms with E-state index in [1.165, 1.54) is 12.1 Å². The van der Waals surface area contributed by atoms with Crippen molar-refractivity contribution in [3.63, 3.8) is 0 Å². The van der Waals surface area contributed by atoms with Gasteiger partial charge in [-0.3, -0.25) is 4.79 Å². The van der Waals surface area contributed by atoms with Gasteiger partial charge in [0.15, 0.2) is 0 Å². The molecule has 1 aliphatic rings.